The average Bonchev–Trinajstić information content (AvgIpc) is 2.77. The molecule has 2 amide bonds. The second kappa shape index (κ2) is 12.2. The summed E-state index contributed by atoms with van der Waals surface area (Å²) in [5.41, 5.74) is -6.56. The molecule has 0 fully saturated rings. The number of unbranched alkanes of at least 4 members (excludes halogenated alkanes) is 1. The molecule has 2 N–H and O–H groups in total. The number of aliphatic hydroxyl groups is 2. The molecule has 0 aliphatic heterocycles. The molecule has 7 nitrogen and oxygen atoms in total. The Balaban J connectivity index is 3.30. The summed E-state index contributed by atoms with van der Waals surface area (Å²) in [6, 6.07) is 2.07. The SMILES string of the molecule is CCN(CCCCO)C(=O)N(CCCC(=O)OC)c1ccc(C(O)(C(F)(F)F)C(F)(F)F)cc1. The van der Waals surface area contributed by atoms with Gasteiger partial charge >= 0.3 is 24.4 Å². The molecule has 0 heterocycles. The number of esters is 1. The third-order valence-corrected chi connectivity index (χ3v) is 5.13. The summed E-state index contributed by atoms with van der Waals surface area (Å²) in [7, 11) is 1.17. The predicted molar refractivity (Wildman–Crippen MR) is 110 cm³/mol. The van der Waals surface area contributed by atoms with E-state index >= 15 is 0 Å². The highest BCUT2D eigenvalue weighted by Gasteiger charge is 2.71. The molecule has 0 radical (unpaired) electrons. The zero-order chi connectivity index (χ0) is 26.2. The minimum absolute atomic E-state index is 0.0223. The molecule has 194 valence electrons. The van der Waals surface area contributed by atoms with E-state index in [2.05, 4.69) is 4.74 Å². The number of nitrogens with zero attached hydrogens (tertiary/aromatic N) is 2. The number of alkyl halides is 6. The van der Waals surface area contributed by atoms with Gasteiger partial charge in [-0.25, -0.2) is 4.79 Å². The van der Waals surface area contributed by atoms with E-state index in [1.54, 1.807) is 6.92 Å². The quantitative estimate of drug-likeness (QED) is 0.272. The van der Waals surface area contributed by atoms with E-state index in [1.165, 1.54) is 12.0 Å². The third-order valence-electron chi connectivity index (χ3n) is 5.13. The first-order chi connectivity index (χ1) is 15.7. The summed E-state index contributed by atoms with van der Waals surface area (Å²) < 4.78 is 83.4. The van der Waals surface area contributed by atoms with E-state index in [-0.39, 0.29) is 44.8 Å². The zero-order valence-corrected chi connectivity index (χ0v) is 18.7. The smallest absolute Gasteiger partial charge is 0.430 e. The number of hydrogen-bond donors (Lipinski definition) is 2. The van der Waals surface area contributed by atoms with Crippen LogP contribution in [0.1, 0.15) is 38.2 Å². The highest BCUT2D eigenvalue weighted by molar-refractivity contribution is 5.92. The Morgan fingerprint density at radius 2 is 1.50 bits per heavy atom. The molecular formula is C21H28F6N2O5. The van der Waals surface area contributed by atoms with Gasteiger partial charge in [0.25, 0.3) is 5.60 Å². The van der Waals surface area contributed by atoms with Gasteiger partial charge in [-0.15, -0.1) is 0 Å². The molecule has 0 unspecified atom stereocenters. The minimum Gasteiger partial charge on any atom is -0.469 e. The molecule has 0 aliphatic rings. The van der Waals surface area contributed by atoms with E-state index in [9.17, 15) is 41.0 Å². The van der Waals surface area contributed by atoms with Crippen LogP contribution in [0.4, 0.5) is 36.8 Å². The van der Waals surface area contributed by atoms with Crippen LogP contribution in [-0.4, -0.2) is 72.8 Å². The Bertz CT molecular complexity index is 784. The van der Waals surface area contributed by atoms with Crippen molar-refractivity contribution in [3.63, 3.8) is 0 Å². The van der Waals surface area contributed by atoms with Crippen molar-refractivity contribution in [3.05, 3.63) is 29.8 Å². The van der Waals surface area contributed by atoms with Crippen molar-refractivity contribution in [3.8, 4) is 0 Å². The van der Waals surface area contributed by atoms with Crippen LogP contribution in [0.2, 0.25) is 0 Å². The Morgan fingerprint density at radius 3 is 1.94 bits per heavy atom. The summed E-state index contributed by atoms with van der Waals surface area (Å²) in [6.45, 7) is 2.02. The summed E-state index contributed by atoms with van der Waals surface area (Å²) >= 11 is 0. The maximum absolute atomic E-state index is 13.1. The highest BCUT2D eigenvalue weighted by Crippen LogP contribution is 2.50. The lowest BCUT2D eigenvalue weighted by molar-refractivity contribution is -0.376. The van der Waals surface area contributed by atoms with E-state index < -0.39 is 35.5 Å². The van der Waals surface area contributed by atoms with Gasteiger partial charge in [-0.2, -0.15) is 26.3 Å². The first kappa shape index (κ1) is 29.5. The van der Waals surface area contributed by atoms with Crippen LogP contribution in [0.5, 0.6) is 0 Å². The molecule has 0 bridgehead atoms. The number of urea groups is 1. The normalized spacial score (nSPS) is 12.4. The third kappa shape index (κ3) is 6.98. The highest BCUT2D eigenvalue weighted by atomic mass is 19.4. The van der Waals surface area contributed by atoms with Gasteiger partial charge in [0.15, 0.2) is 0 Å². The molecule has 0 atom stereocenters. The van der Waals surface area contributed by atoms with Gasteiger partial charge in [0.05, 0.1) is 7.11 Å². The molecule has 13 heteroatoms. The number of benzene rings is 1. The number of rotatable bonds is 11. The van der Waals surface area contributed by atoms with Crippen molar-refractivity contribution in [2.24, 2.45) is 0 Å². The van der Waals surface area contributed by atoms with Crippen LogP contribution in [0.15, 0.2) is 24.3 Å². The summed E-state index contributed by atoms with van der Waals surface area (Å²) in [5.74, 6) is -0.557. The first-order valence-corrected chi connectivity index (χ1v) is 10.4. The van der Waals surface area contributed by atoms with E-state index in [4.69, 9.17) is 5.11 Å². The molecular weight excluding hydrogens is 474 g/mol. The molecule has 34 heavy (non-hydrogen) atoms. The molecule has 1 rings (SSSR count). The summed E-state index contributed by atoms with van der Waals surface area (Å²) in [4.78, 5) is 27.0. The lowest BCUT2D eigenvalue weighted by atomic mass is 9.92. The molecule has 1 aromatic rings. The van der Waals surface area contributed by atoms with Gasteiger partial charge in [0.1, 0.15) is 0 Å². The van der Waals surface area contributed by atoms with E-state index in [1.807, 2.05) is 0 Å². The van der Waals surface area contributed by atoms with E-state index in [0.717, 1.165) is 17.0 Å². The average molecular weight is 502 g/mol. The number of ether oxygens (including phenoxy) is 1. The van der Waals surface area contributed by atoms with Crippen molar-refractivity contribution in [1.29, 1.82) is 0 Å². The zero-order valence-electron chi connectivity index (χ0n) is 18.7. The van der Waals surface area contributed by atoms with Crippen LogP contribution in [-0.2, 0) is 15.1 Å². The fourth-order valence-electron chi connectivity index (χ4n) is 3.16. The maximum Gasteiger partial charge on any atom is 0.430 e. The van der Waals surface area contributed by atoms with Gasteiger partial charge in [-0.3, -0.25) is 9.69 Å². The van der Waals surface area contributed by atoms with Crippen LogP contribution >= 0.6 is 0 Å². The molecule has 0 aromatic heterocycles. The molecule has 0 saturated heterocycles. The number of halogens is 6. The van der Waals surface area contributed by atoms with Gasteiger partial charge in [0.2, 0.25) is 0 Å². The Morgan fingerprint density at radius 1 is 0.941 bits per heavy atom. The maximum atomic E-state index is 13.1. The number of carbonyl (C=O) groups is 2. The number of methoxy groups -OCH3 is 1. The van der Waals surface area contributed by atoms with Gasteiger partial charge in [0, 0.05) is 43.9 Å². The van der Waals surface area contributed by atoms with Gasteiger partial charge in [-0.1, -0.05) is 12.1 Å². The molecule has 0 aliphatic carbocycles. The fourth-order valence-corrected chi connectivity index (χ4v) is 3.16. The first-order valence-electron chi connectivity index (χ1n) is 10.4. The largest absolute Gasteiger partial charge is 0.469 e. The molecule has 1 aromatic carbocycles. The monoisotopic (exact) mass is 502 g/mol. The summed E-state index contributed by atoms with van der Waals surface area (Å²) in [6.07, 6.45) is -11.1. The van der Waals surface area contributed by atoms with Crippen molar-refractivity contribution in [2.45, 2.75) is 50.6 Å². The van der Waals surface area contributed by atoms with Crippen molar-refractivity contribution in [2.75, 3.05) is 38.3 Å². The van der Waals surface area contributed by atoms with Crippen LogP contribution < -0.4 is 4.90 Å². The van der Waals surface area contributed by atoms with Crippen molar-refractivity contribution < 1.29 is 50.9 Å². The molecule has 0 spiro atoms. The lowest BCUT2D eigenvalue weighted by Crippen LogP contribution is -2.53. The second-order valence-corrected chi connectivity index (χ2v) is 7.38. The fraction of sp³-hybridized carbons (Fsp3) is 0.619. The predicted octanol–water partition coefficient (Wildman–Crippen LogP) is 3.97. The van der Waals surface area contributed by atoms with E-state index in [0.29, 0.717) is 25.0 Å². The van der Waals surface area contributed by atoms with Crippen molar-refractivity contribution in [1.82, 2.24) is 4.90 Å². The molecule has 0 saturated carbocycles. The van der Waals surface area contributed by atoms with Crippen LogP contribution in [0, 0.1) is 0 Å². The van der Waals surface area contributed by atoms with Crippen LogP contribution in [0.25, 0.3) is 0 Å². The second-order valence-electron chi connectivity index (χ2n) is 7.38. The number of aliphatic hydroxyl groups excluding tert-OH is 1. The summed E-state index contributed by atoms with van der Waals surface area (Å²) in [5, 5.41) is 18.5. The minimum atomic E-state index is -6.03. The number of anilines is 1. The standard InChI is InChI=1S/C21H28F6N2O5/c1-3-28(12-4-5-14-30)18(32)29(13-6-7-17(31)34-2)16-10-8-15(9-11-16)19(33,20(22,23)24)21(25,26)27/h8-11,30,33H,3-7,12-14H2,1-2H3. The number of carbonyl (C=O) groups excluding carboxylic acids is 2. The Labute approximate surface area is 192 Å². The Kier molecular flexibility index (Phi) is 10.6. The van der Waals surface area contributed by atoms with Crippen molar-refractivity contribution >= 4 is 17.7 Å². The topological polar surface area (TPSA) is 90.3 Å². The number of hydrogen-bond acceptors (Lipinski definition) is 5. The Hall–Kier alpha value is -2.54. The van der Waals surface area contributed by atoms with Gasteiger partial charge in [-0.05, 0) is 38.3 Å². The lowest BCUT2D eigenvalue weighted by Gasteiger charge is -2.33. The number of amides is 2. The van der Waals surface area contributed by atoms with Crippen LogP contribution in [0.3, 0.4) is 0 Å². The van der Waals surface area contributed by atoms with Gasteiger partial charge < -0.3 is 19.8 Å².